The van der Waals surface area contributed by atoms with E-state index in [2.05, 4.69) is 5.32 Å². The number of rotatable bonds is 10. The summed E-state index contributed by atoms with van der Waals surface area (Å²) in [7, 11) is -0.630. The van der Waals surface area contributed by atoms with Crippen LogP contribution in [0, 0.1) is 0 Å². The molecule has 9 heteroatoms. The van der Waals surface area contributed by atoms with Gasteiger partial charge in [-0.05, 0) is 62.7 Å². The van der Waals surface area contributed by atoms with Gasteiger partial charge in [-0.25, -0.2) is 8.42 Å². The van der Waals surface area contributed by atoms with E-state index in [1.54, 1.807) is 50.4 Å². The fourth-order valence-electron chi connectivity index (χ4n) is 3.20. The molecule has 1 N–H and O–H groups in total. The van der Waals surface area contributed by atoms with Gasteiger partial charge in [0.25, 0.3) is 0 Å². The second-order valence-electron chi connectivity index (χ2n) is 7.01. The molecule has 0 spiro atoms. The van der Waals surface area contributed by atoms with Crippen molar-refractivity contribution in [3.63, 3.8) is 0 Å². The number of sulfonamides is 1. The zero-order valence-corrected chi connectivity index (χ0v) is 19.5. The lowest BCUT2D eigenvalue weighted by molar-refractivity contribution is -0.122. The Labute approximate surface area is 184 Å². The summed E-state index contributed by atoms with van der Waals surface area (Å²) in [5, 5.41) is 2.87. The quantitative estimate of drug-likeness (QED) is 0.598. The lowest BCUT2D eigenvalue weighted by Gasteiger charge is -2.29. The molecule has 2 aromatic rings. The van der Waals surface area contributed by atoms with Gasteiger partial charge in [0.2, 0.25) is 15.9 Å². The number of carbonyl (C=O) groups is 1. The number of carbonyl (C=O) groups excluding carboxylic acids is 1. The van der Waals surface area contributed by atoms with Crippen LogP contribution in [-0.4, -0.2) is 47.4 Å². The van der Waals surface area contributed by atoms with E-state index in [1.807, 2.05) is 19.9 Å². The molecule has 2 aromatic carbocycles. The molecular formula is C22H30N2O6S. The average molecular weight is 451 g/mol. The molecule has 0 heterocycles. The van der Waals surface area contributed by atoms with Crippen LogP contribution < -0.4 is 23.8 Å². The fourth-order valence-corrected chi connectivity index (χ4v) is 4.38. The SMILES string of the molecule is CCOc1ccc(N([C@@H](C)C(=O)N[C@H](C)c2ccc(OC)c(OC)c2)S(C)(=O)=O)cc1. The highest BCUT2D eigenvalue weighted by Gasteiger charge is 2.30. The van der Waals surface area contributed by atoms with Crippen molar-refractivity contribution in [1.82, 2.24) is 5.32 Å². The zero-order valence-electron chi connectivity index (χ0n) is 18.7. The molecule has 8 nitrogen and oxygen atoms in total. The number of ether oxygens (including phenoxy) is 3. The Morgan fingerprint density at radius 1 is 1.03 bits per heavy atom. The number of hydrogen-bond donors (Lipinski definition) is 1. The molecule has 0 unspecified atom stereocenters. The summed E-state index contributed by atoms with van der Waals surface area (Å²) in [5.41, 5.74) is 1.18. The van der Waals surface area contributed by atoms with E-state index in [1.165, 1.54) is 7.11 Å². The second-order valence-corrected chi connectivity index (χ2v) is 8.87. The van der Waals surface area contributed by atoms with Gasteiger partial charge in [-0.15, -0.1) is 0 Å². The molecule has 0 aromatic heterocycles. The van der Waals surface area contributed by atoms with Crippen molar-refractivity contribution in [3.05, 3.63) is 48.0 Å². The van der Waals surface area contributed by atoms with Crippen molar-refractivity contribution in [2.24, 2.45) is 0 Å². The van der Waals surface area contributed by atoms with Crippen LogP contribution in [0.1, 0.15) is 32.4 Å². The Morgan fingerprint density at radius 2 is 1.65 bits per heavy atom. The Bertz CT molecular complexity index is 992. The highest BCUT2D eigenvalue weighted by Crippen LogP contribution is 2.30. The summed E-state index contributed by atoms with van der Waals surface area (Å²) < 4.78 is 42.0. The fraction of sp³-hybridized carbons (Fsp3) is 0.409. The van der Waals surface area contributed by atoms with Crippen LogP contribution in [0.25, 0.3) is 0 Å². The topological polar surface area (TPSA) is 94.2 Å². The van der Waals surface area contributed by atoms with Crippen LogP contribution in [0.5, 0.6) is 17.2 Å². The van der Waals surface area contributed by atoms with Gasteiger partial charge in [0, 0.05) is 0 Å². The number of benzene rings is 2. The van der Waals surface area contributed by atoms with Gasteiger partial charge in [-0.3, -0.25) is 9.10 Å². The molecule has 2 rings (SSSR count). The Kier molecular flexibility index (Phi) is 8.15. The largest absolute Gasteiger partial charge is 0.494 e. The zero-order chi connectivity index (χ0) is 23.2. The number of nitrogens with one attached hydrogen (secondary N) is 1. The molecular weight excluding hydrogens is 420 g/mol. The van der Waals surface area contributed by atoms with Crippen LogP contribution in [0.2, 0.25) is 0 Å². The minimum absolute atomic E-state index is 0.378. The first-order valence-electron chi connectivity index (χ1n) is 9.86. The van der Waals surface area contributed by atoms with Crippen LogP contribution >= 0.6 is 0 Å². The standard InChI is InChI=1S/C22H30N2O6S/c1-7-30-19-11-9-18(10-12-19)24(31(6,26)27)16(3)22(25)23-15(2)17-8-13-20(28-4)21(14-17)29-5/h8-16H,7H2,1-6H3,(H,23,25)/t15-,16+/m1/s1. The van der Waals surface area contributed by atoms with Gasteiger partial charge in [-0.1, -0.05) is 6.07 Å². The summed E-state index contributed by atoms with van der Waals surface area (Å²) in [6.45, 7) is 5.73. The Morgan fingerprint density at radius 3 is 2.16 bits per heavy atom. The molecule has 0 bridgehead atoms. The van der Waals surface area contributed by atoms with Crippen molar-refractivity contribution in [3.8, 4) is 17.2 Å². The van der Waals surface area contributed by atoms with Crippen molar-refractivity contribution >= 4 is 21.6 Å². The molecule has 31 heavy (non-hydrogen) atoms. The van der Waals surface area contributed by atoms with Gasteiger partial charge in [0.05, 0.1) is 38.8 Å². The maximum Gasteiger partial charge on any atom is 0.244 e. The first-order valence-corrected chi connectivity index (χ1v) is 11.7. The molecule has 0 radical (unpaired) electrons. The van der Waals surface area contributed by atoms with E-state index in [-0.39, 0.29) is 6.04 Å². The van der Waals surface area contributed by atoms with Crippen molar-refractivity contribution in [1.29, 1.82) is 0 Å². The normalized spacial score (nSPS) is 13.1. The molecule has 2 atom stereocenters. The highest BCUT2D eigenvalue weighted by molar-refractivity contribution is 7.92. The van der Waals surface area contributed by atoms with Gasteiger partial charge >= 0.3 is 0 Å². The number of amides is 1. The van der Waals surface area contributed by atoms with Crippen LogP contribution in [-0.2, 0) is 14.8 Å². The third-order valence-corrected chi connectivity index (χ3v) is 6.00. The van der Waals surface area contributed by atoms with E-state index in [4.69, 9.17) is 14.2 Å². The Hall–Kier alpha value is -2.94. The average Bonchev–Trinajstić information content (AvgIpc) is 2.73. The van der Waals surface area contributed by atoms with Crippen molar-refractivity contribution < 1.29 is 27.4 Å². The molecule has 1 amide bonds. The number of hydrogen-bond acceptors (Lipinski definition) is 6. The summed E-state index contributed by atoms with van der Waals surface area (Å²) in [6, 6.07) is 10.6. The van der Waals surface area contributed by atoms with Crippen molar-refractivity contribution in [2.75, 3.05) is 31.4 Å². The Balaban J connectivity index is 2.23. The van der Waals surface area contributed by atoms with Crippen molar-refractivity contribution in [2.45, 2.75) is 32.9 Å². The van der Waals surface area contributed by atoms with Crippen LogP contribution in [0.4, 0.5) is 5.69 Å². The first kappa shape index (κ1) is 24.3. The summed E-state index contributed by atoms with van der Waals surface area (Å²) in [5.74, 6) is 1.32. The minimum atomic E-state index is -3.71. The molecule has 0 saturated carbocycles. The van der Waals surface area contributed by atoms with Gasteiger partial charge < -0.3 is 19.5 Å². The highest BCUT2D eigenvalue weighted by atomic mass is 32.2. The second kappa shape index (κ2) is 10.4. The van der Waals surface area contributed by atoms with Gasteiger partial charge in [0.15, 0.2) is 11.5 Å². The van der Waals surface area contributed by atoms with Gasteiger partial charge in [0.1, 0.15) is 11.8 Å². The van der Waals surface area contributed by atoms with E-state index in [9.17, 15) is 13.2 Å². The summed E-state index contributed by atoms with van der Waals surface area (Å²) in [4.78, 5) is 12.9. The van der Waals surface area contributed by atoms with E-state index in [0.717, 1.165) is 16.1 Å². The minimum Gasteiger partial charge on any atom is -0.494 e. The van der Waals surface area contributed by atoms with Crippen LogP contribution in [0.3, 0.4) is 0 Å². The number of methoxy groups -OCH3 is 2. The smallest absolute Gasteiger partial charge is 0.244 e. The number of anilines is 1. The molecule has 0 aliphatic heterocycles. The third kappa shape index (κ3) is 6.04. The van der Waals surface area contributed by atoms with Crippen LogP contribution in [0.15, 0.2) is 42.5 Å². The third-order valence-electron chi connectivity index (χ3n) is 4.76. The summed E-state index contributed by atoms with van der Waals surface area (Å²) in [6.07, 6.45) is 1.07. The molecule has 0 aliphatic rings. The number of nitrogens with zero attached hydrogens (tertiary/aromatic N) is 1. The lowest BCUT2D eigenvalue weighted by Crippen LogP contribution is -2.48. The maximum atomic E-state index is 12.9. The molecule has 0 saturated heterocycles. The monoisotopic (exact) mass is 450 g/mol. The van der Waals surface area contributed by atoms with E-state index < -0.39 is 22.0 Å². The first-order chi connectivity index (χ1) is 14.6. The molecule has 0 aliphatic carbocycles. The predicted octanol–water partition coefficient (Wildman–Crippen LogP) is 3.13. The van der Waals surface area contributed by atoms with E-state index in [0.29, 0.717) is 29.5 Å². The maximum absolute atomic E-state index is 12.9. The summed E-state index contributed by atoms with van der Waals surface area (Å²) >= 11 is 0. The van der Waals surface area contributed by atoms with E-state index >= 15 is 0 Å². The molecule has 170 valence electrons. The lowest BCUT2D eigenvalue weighted by atomic mass is 10.1. The molecule has 0 fully saturated rings. The predicted molar refractivity (Wildman–Crippen MR) is 120 cm³/mol. The van der Waals surface area contributed by atoms with Gasteiger partial charge in [-0.2, -0.15) is 0 Å².